The average Bonchev–Trinajstić information content (AvgIpc) is 3.00. The van der Waals surface area contributed by atoms with Crippen LogP contribution in [0.4, 0.5) is 0 Å². The predicted octanol–water partition coefficient (Wildman–Crippen LogP) is -1.66. The van der Waals surface area contributed by atoms with Crippen molar-refractivity contribution in [2.24, 2.45) is 0 Å². The molecule has 2 aliphatic rings. The third kappa shape index (κ3) is 1.84. The molecule has 0 aliphatic carbocycles. The second-order valence-corrected chi connectivity index (χ2v) is 5.08. The predicted molar refractivity (Wildman–Crippen MR) is 66.2 cm³/mol. The van der Waals surface area contributed by atoms with Crippen molar-refractivity contribution in [3.05, 3.63) is 33.1 Å². The summed E-state index contributed by atoms with van der Waals surface area (Å²) in [4.78, 5) is 25.2. The van der Waals surface area contributed by atoms with Crippen LogP contribution in [0.15, 0.2) is 21.9 Å². The highest BCUT2D eigenvalue weighted by molar-refractivity contribution is 5.06. The molecular formula is C12H16N2O6. The molecule has 0 aromatic carbocycles. The molecule has 4 atom stereocenters. The van der Waals surface area contributed by atoms with Crippen molar-refractivity contribution >= 4 is 0 Å². The molecule has 2 fully saturated rings. The first kappa shape index (κ1) is 13.5. The van der Waals surface area contributed by atoms with Gasteiger partial charge in [0.15, 0.2) is 6.23 Å². The molecule has 0 bridgehead atoms. The molecular weight excluding hydrogens is 268 g/mol. The third-order valence-corrected chi connectivity index (χ3v) is 3.94. The molecule has 0 unspecified atom stereocenters. The lowest BCUT2D eigenvalue weighted by atomic mass is 9.91. The largest absolute Gasteiger partial charge is 0.394 e. The summed E-state index contributed by atoms with van der Waals surface area (Å²) in [5, 5.41) is 19.6. The molecule has 3 heterocycles. The molecule has 1 spiro atoms. The Morgan fingerprint density at radius 1 is 1.50 bits per heavy atom. The summed E-state index contributed by atoms with van der Waals surface area (Å²) in [5.74, 6) is 0. The van der Waals surface area contributed by atoms with E-state index in [1.807, 2.05) is 0 Å². The van der Waals surface area contributed by atoms with Crippen molar-refractivity contribution in [1.82, 2.24) is 9.55 Å². The molecule has 0 amide bonds. The van der Waals surface area contributed by atoms with Crippen LogP contribution >= 0.6 is 0 Å². The molecule has 0 saturated carbocycles. The molecule has 1 aromatic rings. The van der Waals surface area contributed by atoms with E-state index in [4.69, 9.17) is 9.47 Å². The Hall–Kier alpha value is -1.48. The molecule has 3 rings (SSSR count). The van der Waals surface area contributed by atoms with Crippen molar-refractivity contribution in [2.45, 2.75) is 36.9 Å². The summed E-state index contributed by atoms with van der Waals surface area (Å²) in [7, 11) is 0. The van der Waals surface area contributed by atoms with Gasteiger partial charge in [0.1, 0.15) is 17.8 Å². The number of ether oxygens (including phenoxy) is 2. The fourth-order valence-electron chi connectivity index (χ4n) is 2.98. The highest BCUT2D eigenvalue weighted by Crippen LogP contribution is 2.46. The van der Waals surface area contributed by atoms with Crippen LogP contribution in [0, 0.1) is 0 Å². The average molecular weight is 284 g/mol. The van der Waals surface area contributed by atoms with Crippen LogP contribution in [-0.2, 0) is 9.47 Å². The van der Waals surface area contributed by atoms with Gasteiger partial charge in [0, 0.05) is 18.9 Å². The van der Waals surface area contributed by atoms with E-state index in [1.54, 1.807) is 0 Å². The second kappa shape index (κ2) is 4.81. The number of aromatic nitrogens is 2. The lowest BCUT2D eigenvalue weighted by molar-refractivity contribution is -0.122. The topological polar surface area (TPSA) is 114 Å². The summed E-state index contributed by atoms with van der Waals surface area (Å²) in [6.07, 6.45) is -0.173. The van der Waals surface area contributed by atoms with Crippen LogP contribution in [0.2, 0.25) is 0 Å². The minimum atomic E-state index is -1.06. The van der Waals surface area contributed by atoms with Gasteiger partial charge in [0.05, 0.1) is 6.61 Å². The number of aromatic amines is 1. The number of H-pyrrole nitrogens is 1. The van der Waals surface area contributed by atoms with Gasteiger partial charge in [-0.25, -0.2) is 4.79 Å². The Morgan fingerprint density at radius 2 is 2.30 bits per heavy atom. The minimum Gasteiger partial charge on any atom is -0.394 e. The third-order valence-electron chi connectivity index (χ3n) is 3.94. The van der Waals surface area contributed by atoms with Gasteiger partial charge in [-0.3, -0.25) is 14.3 Å². The first-order valence-electron chi connectivity index (χ1n) is 6.48. The Kier molecular flexibility index (Phi) is 3.25. The van der Waals surface area contributed by atoms with E-state index in [0.717, 1.165) is 6.42 Å². The maximum absolute atomic E-state index is 11.9. The number of aliphatic hydroxyl groups excluding tert-OH is 2. The Balaban J connectivity index is 2.06. The van der Waals surface area contributed by atoms with Crippen molar-refractivity contribution in [3.63, 3.8) is 0 Å². The smallest absolute Gasteiger partial charge is 0.330 e. The number of aliphatic hydroxyl groups is 2. The first-order chi connectivity index (χ1) is 9.58. The Bertz CT molecular complexity index is 602. The molecule has 8 heteroatoms. The molecule has 1 aromatic heterocycles. The highest BCUT2D eigenvalue weighted by Gasteiger charge is 2.59. The standard InChI is InChI=1S/C12H16N2O6/c15-6-7-9(17)12(3-1-5-19-12)10(20-7)14-4-2-8(16)13-11(14)18/h2,4,7,9-10,15,17H,1,3,5-6H2,(H,13,16,18)/t7-,9-,10+,12-/m1/s1. The summed E-state index contributed by atoms with van der Waals surface area (Å²) in [5.41, 5.74) is -2.21. The van der Waals surface area contributed by atoms with Crippen LogP contribution in [0.1, 0.15) is 19.1 Å². The van der Waals surface area contributed by atoms with Gasteiger partial charge >= 0.3 is 5.69 Å². The van der Waals surface area contributed by atoms with Crippen molar-refractivity contribution in [1.29, 1.82) is 0 Å². The minimum absolute atomic E-state index is 0.374. The second-order valence-electron chi connectivity index (χ2n) is 5.08. The fraction of sp³-hybridized carbons (Fsp3) is 0.667. The van der Waals surface area contributed by atoms with E-state index in [2.05, 4.69) is 4.98 Å². The lowest BCUT2D eigenvalue weighted by Crippen LogP contribution is -2.48. The molecule has 2 aliphatic heterocycles. The zero-order chi connectivity index (χ0) is 14.3. The maximum Gasteiger partial charge on any atom is 0.330 e. The first-order valence-corrected chi connectivity index (χ1v) is 6.48. The van der Waals surface area contributed by atoms with E-state index in [-0.39, 0.29) is 6.61 Å². The summed E-state index contributed by atoms with van der Waals surface area (Å²) in [6.45, 7) is 0.0774. The van der Waals surface area contributed by atoms with Gasteiger partial charge in [-0.05, 0) is 12.8 Å². The van der Waals surface area contributed by atoms with E-state index in [9.17, 15) is 19.8 Å². The van der Waals surface area contributed by atoms with Gasteiger partial charge in [-0.1, -0.05) is 0 Å². The zero-order valence-electron chi connectivity index (χ0n) is 10.7. The summed E-state index contributed by atoms with van der Waals surface area (Å²) < 4.78 is 12.4. The number of nitrogens with zero attached hydrogens (tertiary/aromatic N) is 1. The van der Waals surface area contributed by atoms with Gasteiger partial charge in [0.25, 0.3) is 5.56 Å². The van der Waals surface area contributed by atoms with Crippen LogP contribution < -0.4 is 11.2 Å². The number of hydrogen-bond donors (Lipinski definition) is 3. The maximum atomic E-state index is 11.9. The number of nitrogens with one attached hydrogen (secondary N) is 1. The SMILES string of the molecule is O=c1ccn([C@H]2O[C@H](CO)[C@@H](O)[C@]23CCCO3)c(=O)[nH]1. The molecule has 20 heavy (non-hydrogen) atoms. The Labute approximate surface area is 113 Å². The fourth-order valence-corrected chi connectivity index (χ4v) is 2.98. The Morgan fingerprint density at radius 3 is 2.90 bits per heavy atom. The van der Waals surface area contributed by atoms with E-state index in [1.165, 1.54) is 16.8 Å². The quantitative estimate of drug-likeness (QED) is 0.599. The van der Waals surface area contributed by atoms with Gasteiger partial charge in [0.2, 0.25) is 0 Å². The van der Waals surface area contributed by atoms with Crippen LogP contribution in [0.3, 0.4) is 0 Å². The van der Waals surface area contributed by atoms with Crippen molar-refractivity contribution in [2.75, 3.05) is 13.2 Å². The zero-order valence-corrected chi connectivity index (χ0v) is 10.7. The van der Waals surface area contributed by atoms with Crippen molar-refractivity contribution in [3.8, 4) is 0 Å². The van der Waals surface area contributed by atoms with Crippen LogP contribution in [0.25, 0.3) is 0 Å². The lowest BCUT2D eigenvalue weighted by Gasteiger charge is -2.31. The van der Waals surface area contributed by atoms with E-state index < -0.39 is 35.3 Å². The number of hydrogen-bond acceptors (Lipinski definition) is 6. The molecule has 0 radical (unpaired) electrons. The number of rotatable bonds is 2. The van der Waals surface area contributed by atoms with Crippen LogP contribution in [0.5, 0.6) is 0 Å². The molecule has 110 valence electrons. The monoisotopic (exact) mass is 284 g/mol. The van der Waals surface area contributed by atoms with E-state index >= 15 is 0 Å². The normalized spacial score (nSPS) is 36.8. The highest BCUT2D eigenvalue weighted by atomic mass is 16.6. The summed E-state index contributed by atoms with van der Waals surface area (Å²) >= 11 is 0. The van der Waals surface area contributed by atoms with Crippen LogP contribution in [-0.4, -0.2) is 50.8 Å². The van der Waals surface area contributed by atoms with Gasteiger partial charge < -0.3 is 19.7 Å². The van der Waals surface area contributed by atoms with E-state index in [0.29, 0.717) is 13.0 Å². The molecule has 2 saturated heterocycles. The van der Waals surface area contributed by atoms with Crippen molar-refractivity contribution < 1.29 is 19.7 Å². The summed E-state index contributed by atoms with van der Waals surface area (Å²) in [6, 6.07) is 1.20. The van der Waals surface area contributed by atoms with Gasteiger partial charge in [-0.15, -0.1) is 0 Å². The van der Waals surface area contributed by atoms with Gasteiger partial charge in [-0.2, -0.15) is 0 Å². The molecule has 8 nitrogen and oxygen atoms in total. The molecule has 3 N–H and O–H groups in total.